The van der Waals surface area contributed by atoms with Gasteiger partial charge in [0.05, 0.1) is 15.4 Å². The largest absolute Gasteiger partial charge is 0.478 e. The molecule has 1 aromatic carbocycles. The first-order valence-electron chi connectivity index (χ1n) is 6.74. The molecular formula is C14H16N2O4S. The summed E-state index contributed by atoms with van der Waals surface area (Å²) in [6.45, 7) is 3.70. The van der Waals surface area contributed by atoms with Crippen molar-refractivity contribution in [2.45, 2.75) is 4.90 Å². The molecule has 0 bridgehead atoms. The molecule has 112 valence electrons. The number of rotatable bonds is 3. The van der Waals surface area contributed by atoms with E-state index in [9.17, 15) is 13.2 Å². The van der Waals surface area contributed by atoms with Crippen LogP contribution >= 0.6 is 0 Å². The van der Waals surface area contributed by atoms with E-state index in [1.54, 1.807) is 6.08 Å². The number of fused-ring (bicyclic) bond motifs is 1. The minimum Gasteiger partial charge on any atom is -0.478 e. The number of benzene rings is 1. The van der Waals surface area contributed by atoms with Gasteiger partial charge in [0.25, 0.3) is 0 Å². The van der Waals surface area contributed by atoms with Crippen LogP contribution in [0.3, 0.4) is 0 Å². The van der Waals surface area contributed by atoms with Crippen LogP contribution in [0, 0.1) is 0 Å². The lowest BCUT2D eigenvalue weighted by Gasteiger charge is -2.27. The minimum absolute atomic E-state index is 0.101. The van der Waals surface area contributed by atoms with Gasteiger partial charge in [0.1, 0.15) is 0 Å². The van der Waals surface area contributed by atoms with Crippen molar-refractivity contribution in [1.29, 1.82) is 0 Å². The molecule has 0 atom stereocenters. The highest BCUT2D eigenvalue weighted by molar-refractivity contribution is 7.95. The highest BCUT2D eigenvalue weighted by Gasteiger charge is 2.31. The van der Waals surface area contributed by atoms with Crippen LogP contribution in [0.4, 0.5) is 0 Å². The fraction of sp³-hybridized carbons (Fsp3) is 0.357. The summed E-state index contributed by atoms with van der Waals surface area (Å²) in [6, 6.07) is 4.13. The Bertz CT molecular complexity index is 718. The number of nitrogens with zero attached hydrogens (tertiary/aromatic N) is 1. The Labute approximate surface area is 123 Å². The molecule has 2 N–H and O–H groups in total. The van der Waals surface area contributed by atoms with Crippen LogP contribution in [0.25, 0.3) is 6.08 Å². The summed E-state index contributed by atoms with van der Waals surface area (Å²) in [4.78, 5) is 13.6. The number of carbonyl (C=O) groups is 1. The van der Waals surface area contributed by atoms with Crippen LogP contribution in [0.5, 0.6) is 0 Å². The molecule has 1 saturated heterocycles. The highest BCUT2D eigenvalue weighted by Crippen LogP contribution is 2.33. The molecule has 0 aromatic heterocycles. The molecule has 0 saturated carbocycles. The fourth-order valence-corrected chi connectivity index (χ4v) is 4.24. The van der Waals surface area contributed by atoms with E-state index >= 15 is 0 Å². The Morgan fingerprint density at radius 2 is 2.00 bits per heavy atom. The summed E-state index contributed by atoms with van der Waals surface area (Å²) < 4.78 is 25.0. The summed E-state index contributed by atoms with van der Waals surface area (Å²) in [5, 5.41) is 12.2. The number of carboxylic acids is 1. The van der Waals surface area contributed by atoms with Crippen molar-refractivity contribution in [3.05, 3.63) is 34.2 Å². The second kappa shape index (κ2) is 5.25. The molecule has 1 aromatic rings. The molecule has 0 unspecified atom stereocenters. The van der Waals surface area contributed by atoms with E-state index < -0.39 is 15.8 Å². The Morgan fingerprint density at radius 1 is 1.29 bits per heavy atom. The first-order chi connectivity index (χ1) is 9.98. The van der Waals surface area contributed by atoms with Crippen molar-refractivity contribution in [1.82, 2.24) is 10.2 Å². The standard InChI is InChI=1S/C14H16N2O4S/c17-14(18)10-1-2-13-11(7-10)8-12(21(13,19)20)9-16-5-3-15-4-6-16/h1-2,7-8,15H,3-6,9H2,(H,17,18). The third-order valence-corrected chi connectivity index (χ3v) is 5.69. The highest BCUT2D eigenvalue weighted by atomic mass is 32.2. The molecule has 6 nitrogen and oxygen atoms in total. The maximum Gasteiger partial charge on any atom is 0.335 e. The molecule has 0 amide bonds. The Hall–Kier alpha value is -1.70. The third-order valence-electron chi connectivity index (χ3n) is 3.80. The lowest BCUT2D eigenvalue weighted by molar-refractivity contribution is 0.0696. The van der Waals surface area contributed by atoms with Crippen molar-refractivity contribution in [2.75, 3.05) is 32.7 Å². The van der Waals surface area contributed by atoms with Crippen molar-refractivity contribution >= 4 is 21.9 Å². The summed E-state index contributed by atoms with van der Waals surface area (Å²) in [6.07, 6.45) is 1.60. The predicted molar refractivity (Wildman–Crippen MR) is 77.9 cm³/mol. The molecule has 7 heteroatoms. The molecule has 1 fully saturated rings. The molecule has 2 heterocycles. The van der Waals surface area contributed by atoms with Gasteiger partial charge in [-0.15, -0.1) is 0 Å². The lowest BCUT2D eigenvalue weighted by atomic mass is 10.1. The maximum absolute atomic E-state index is 12.5. The molecule has 0 aliphatic carbocycles. The van der Waals surface area contributed by atoms with Crippen molar-refractivity contribution in [3.8, 4) is 0 Å². The zero-order chi connectivity index (χ0) is 15.0. The second-order valence-electron chi connectivity index (χ2n) is 5.20. The van der Waals surface area contributed by atoms with Gasteiger partial charge in [-0.05, 0) is 29.8 Å². The summed E-state index contributed by atoms with van der Waals surface area (Å²) in [7, 11) is -3.48. The lowest BCUT2D eigenvalue weighted by Crippen LogP contribution is -2.44. The molecule has 0 spiro atoms. The van der Waals surface area contributed by atoms with Crippen LogP contribution in [-0.2, 0) is 9.84 Å². The second-order valence-corrected chi connectivity index (χ2v) is 7.17. The van der Waals surface area contributed by atoms with Crippen molar-refractivity contribution in [2.24, 2.45) is 0 Å². The number of sulfone groups is 1. The summed E-state index contributed by atoms with van der Waals surface area (Å²) in [5.74, 6) is -1.06. The van der Waals surface area contributed by atoms with E-state index in [0.29, 0.717) is 17.0 Å². The average Bonchev–Trinajstić information content (AvgIpc) is 2.71. The number of hydrogen-bond acceptors (Lipinski definition) is 5. The normalized spacial score (nSPS) is 20.9. The van der Waals surface area contributed by atoms with E-state index in [-0.39, 0.29) is 10.5 Å². The van der Waals surface area contributed by atoms with E-state index in [1.165, 1.54) is 18.2 Å². The zero-order valence-corrected chi connectivity index (χ0v) is 12.2. The molecular weight excluding hydrogens is 292 g/mol. The Kier molecular flexibility index (Phi) is 3.56. The number of piperazine rings is 1. The molecule has 0 radical (unpaired) electrons. The van der Waals surface area contributed by atoms with E-state index in [0.717, 1.165) is 26.2 Å². The summed E-state index contributed by atoms with van der Waals surface area (Å²) >= 11 is 0. The molecule has 21 heavy (non-hydrogen) atoms. The van der Waals surface area contributed by atoms with Crippen LogP contribution in [0.15, 0.2) is 28.0 Å². The first kappa shape index (κ1) is 14.2. The van der Waals surface area contributed by atoms with Crippen molar-refractivity contribution in [3.63, 3.8) is 0 Å². The Morgan fingerprint density at radius 3 is 2.67 bits per heavy atom. The van der Waals surface area contributed by atoms with Crippen LogP contribution in [0.1, 0.15) is 15.9 Å². The van der Waals surface area contributed by atoms with Gasteiger partial charge in [-0.2, -0.15) is 0 Å². The monoisotopic (exact) mass is 308 g/mol. The minimum atomic E-state index is -3.48. The maximum atomic E-state index is 12.5. The fourth-order valence-electron chi connectivity index (χ4n) is 2.65. The van der Waals surface area contributed by atoms with Gasteiger partial charge in [-0.3, -0.25) is 4.90 Å². The predicted octanol–water partition coefficient (Wildman–Crippen LogP) is 0.418. The number of aromatic carboxylic acids is 1. The van der Waals surface area contributed by atoms with Gasteiger partial charge < -0.3 is 10.4 Å². The van der Waals surface area contributed by atoms with Crippen LogP contribution in [-0.4, -0.2) is 57.1 Å². The number of nitrogens with one attached hydrogen (secondary N) is 1. The van der Waals surface area contributed by atoms with E-state index in [2.05, 4.69) is 10.2 Å². The van der Waals surface area contributed by atoms with Crippen LogP contribution in [0.2, 0.25) is 0 Å². The summed E-state index contributed by atoms with van der Waals surface area (Å²) in [5.41, 5.74) is 0.573. The van der Waals surface area contributed by atoms with E-state index in [4.69, 9.17) is 5.11 Å². The van der Waals surface area contributed by atoms with Gasteiger partial charge in [0.2, 0.25) is 9.84 Å². The van der Waals surface area contributed by atoms with Gasteiger partial charge in [-0.1, -0.05) is 0 Å². The van der Waals surface area contributed by atoms with E-state index in [1.807, 2.05) is 0 Å². The molecule has 2 aliphatic heterocycles. The quantitative estimate of drug-likeness (QED) is 0.841. The number of hydrogen-bond donors (Lipinski definition) is 2. The van der Waals surface area contributed by atoms with Gasteiger partial charge in [0.15, 0.2) is 0 Å². The average molecular weight is 308 g/mol. The molecule has 3 rings (SSSR count). The SMILES string of the molecule is O=C(O)c1ccc2c(c1)C=C(CN1CCNCC1)S2(=O)=O. The number of carboxylic acid groups (broad SMARTS) is 1. The van der Waals surface area contributed by atoms with Gasteiger partial charge in [-0.25, -0.2) is 13.2 Å². The zero-order valence-electron chi connectivity index (χ0n) is 11.4. The topological polar surface area (TPSA) is 86.7 Å². The smallest absolute Gasteiger partial charge is 0.335 e. The molecule has 2 aliphatic rings. The first-order valence-corrected chi connectivity index (χ1v) is 8.23. The van der Waals surface area contributed by atoms with Gasteiger partial charge >= 0.3 is 5.97 Å². The van der Waals surface area contributed by atoms with Gasteiger partial charge in [0, 0.05) is 32.7 Å². The van der Waals surface area contributed by atoms with Crippen LogP contribution < -0.4 is 5.32 Å². The third kappa shape index (κ3) is 2.59. The Balaban J connectivity index is 1.91. The van der Waals surface area contributed by atoms with Crippen molar-refractivity contribution < 1.29 is 18.3 Å².